The third-order valence-electron chi connectivity index (χ3n) is 3.57. The molecule has 1 saturated heterocycles. The smallest absolute Gasteiger partial charge is 0.0945 e. The Hall–Kier alpha value is -0.350. The van der Waals surface area contributed by atoms with Crippen LogP contribution in [0.15, 0.2) is 18.7 Å². The SMILES string of the molecule is BrCCC1CCCN(CCCn2ccnc2)C1. The molecule has 1 unspecified atom stereocenters. The van der Waals surface area contributed by atoms with Gasteiger partial charge in [-0.1, -0.05) is 15.9 Å². The number of aromatic nitrogens is 2. The Morgan fingerprint density at radius 1 is 1.35 bits per heavy atom. The van der Waals surface area contributed by atoms with Crippen LogP contribution in [0.3, 0.4) is 0 Å². The van der Waals surface area contributed by atoms with Crippen LogP contribution in [0.4, 0.5) is 0 Å². The van der Waals surface area contributed by atoms with Gasteiger partial charge in [0.25, 0.3) is 0 Å². The van der Waals surface area contributed by atoms with Crippen molar-refractivity contribution in [3.8, 4) is 0 Å². The molecule has 0 aliphatic carbocycles. The molecule has 1 aromatic rings. The minimum atomic E-state index is 0.913. The van der Waals surface area contributed by atoms with E-state index in [4.69, 9.17) is 0 Å². The van der Waals surface area contributed by atoms with E-state index < -0.39 is 0 Å². The quantitative estimate of drug-likeness (QED) is 0.753. The number of likely N-dealkylation sites (tertiary alicyclic amines) is 1. The molecule has 1 aliphatic heterocycles. The number of halogens is 1. The highest BCUT2D eigenvalue weighted by molar-refractivity contribution is 9.09. The van der Waals surface area contributed by atoms with Crippen molar-refractivity contribution in [1.29, 1.82) is 0 Å². The molecule has 0 aromatic carbocycles. The van der Waals surface area contributed by atoms with Crippen LogP contribution in [0.1, 0.15) is 25.7 Å². The van der Waals surface area contributed by atoms with E-state index in [1.807, 2.05) is 18.7 Å². The van der Waals surface area contributed by atoms with E-state index in [1.54, 1.807) is 0 Å². The number of nitrogens with zero attached hydrogens (tertiary/aromatic N) is 3. The third-order valence-corrected chi connectivity index (χ3v) is 4.03. The maximum atomic E-state index is 4.07. The second kappa shape index (κ2) is 7.17. The van der Waals surface area contributed by atoms with Gasteiger partial charge in [-0.25, -0.2) is 4.98 Å². The van der Waals surface area contributed by atoms with Gasteiger partial charge in [-0.3, -0.25) is 0 Å². The van der Waals surface area contributed by atoms with Crippen molar-refractivity contribution >= 4 is 15.9 Å². The lowest BCUT2D eigenvalue weighted by Crippen LogP contribution is -2.36. The standard InChI is InChI=1S/C13H22BrN3/c14-5-4-13-3-1-7-16(11-13)8-2-9-17-10-6-15-12-17/h6,10,12-13H,1-5,7-9,11H2. The van der Waals surface area contributed by atoms with E-state index in [1.165, 1.54) is 45.3 Å². The van der Waals surface area contributed by atoms with Gasteiger partial charge in [-0.15, -0.1) is 0 Å². The Bertz CT molecular complexity index is 298. The fourth-order valence-electron chi connectivity index (χ4n) is 2.64. The van der Waals surface area contributed by atoms with Gasteiger partial charge < -0.3 is 9.47 Å². The summed E-state index contributed by atoms with van der Waals surface area (Å²) < 4.78 is 2.17. The molecule has 0 radical (unpaired) electrons. The molecule has 1 atom stereocenters. The van der Waals surface area contributed by atoms with Crippen LogP contribution < -0.4 is 0 Å². The lowest BCUT2D eigenvalue weighted by Gasteiger charge is -2.32. The number of piperidine rings is 1. The first-order valence-corrected chi connectivity index (χ1v) is 7.74. The molecule has 0 amide bonds. The molecule has 2 rings (SSSR count). The normalized spacial score (nSPS) is 21.8. The van der Waals surface area contributed by atoms with Gasteiger partial charge in [0, 0.05) is 30.8 Å². The highest BCUT2D eigenvalue weighted by atomic mass is 79.9. The Labute approximate surface area is 112 Å². The lowest BCUT2D eigenvalue weighted by atomic mass is 9.95. The summed E-state index contributed by atoms with van der Waals surface area (Å²) in [5.74, 6) is 0.913. The van der Waals surface area contributed by atoms with Crippen LogP contribution in [-0.2, 0) is 6.54 Å². The number of aryl methyl sites for hydroxylation is 1. The first-order chi connectivity index (χ1) is 8.38. The molecule has 4 heteroatoms. The minimum Gasteiger partial charge on any atom is -0.337 e. The fourth-order valence-corrected chi connectivity index (χ4v) is 3.29. The van der Waals surface area contributed by atoms with Crippen molar-refractivity contribution in [2.45, 2.75) is 32.2 Å². The van der Waals surface area contributed by atoms with Gasteiger partial charge >= 0.3 is 0 Å². The van der Waals surface area contributed by atoms with Gasteiger partial charge in [0.05, 0.1) is 6.33 Å². The first kappa shape index (κ1) is 13.1. The zero-order valence-electron chi connectivity index (χ0n) is 10.4. The number of rotatable bonds is 6. The maximum Gasteiger partial charge on any atom is 0.0945 e. The summed E-state index contributed by atoms with van der Waals surface area (Å²) in [7, 11) is 0. The molecule has 1 aliphatic rings. The van der Waals surface area contributed by atoms with Crippen LogP contribution in [0.2, 0.25) is 0 Å². The summed E-state index contributed by atoms with van der Waals surface area (Å²) in [5, 5.41) is 1.15. The van der Waals surface area contributed by atoms with E-state index in [0.717, 1.165) is 17.8 Å². The van der Waals surface area contributed by atoms with Crippen molar-refractivity contribution in [3.63, 3.8) is 0 Å². The Morgan fingerprint density at radius 2 is 2.29 bits per heavy atom. The zero-order chi connectivity index (χ0) is 11.9. The fraction of sp³-hybridized carbons (Fsp3) is 0.769. The first-order valence-electron chi connectivity index (χ1n) is 6.62. The van der Waals surface area contributed by atoms with Crippen molar-refractivity contribution < 1.29 is 0 Å². The van der Waals surface area contributed by atoms with Gasteiger partial charge in [0.1, 0.15) is 0 Å². The maximum absolute atomic E-state index is 4.07. The Morgan fingerprint density at radius 3 is 3.06 bits per heavy atom. The predicted octanol–water partition coefficient (Wildman–Crippen LogP) is 2.77. The number of hydrogen-bond donors (Lipinski definition) is 0. The van der Waals surface area contributed by atoms with Crippen LogP contribution in [-0.4, -0.2) is 39.4 Å². The van der Waals surface area contributed by atoms with Gasteiger partial charge in [0.2, 0.25) is 0 Å². The van der Waals surface area contributed by atoms with E-state index >= 15 is 0 Å². The molecule has 1 fully saturated rings. The number of hydrogen-bond acceptors (Lipinski definition) is 2. The predicted molar refractivity (Wildman–Crippen MR) is 74.4 cm³/mol. The third kappa shape index (κ3) is 4.43. The summed E-state index contributed by atoms with van der Waals surface area (Å²) in [6, 6.07) is 0. The molecular formula is C13H22BrN3. The average Bonchev–Trinajstić information content (AvgIpc) is 2.83. The molecule has 96 valence electrons. The van der Waals surface area contributed by atoms with Gasteiger partial charge in [0.15, 0.2) is 0 Å². The molecule has 0 bridgehead atoms. The molecule has 0 spiro atoms. The van der Waals surface area contributed by atoms with Crippen LogP contribution in [0.25, 0.3) is 0 Å². The topological polar surface area (TPSA) is 21.1 Å². The average molecular weight is 300 g/mol. The van der Waals surface area contributed by atoms with Crippen molar-refractivity contribution in [1.82, 2.24) is 14.5 Å². The van der Waals surface area contributed by atoms with Crippen LogP contribution in [0, 0.1) is 5.92 Å². The zero-order valence-corrected chi connectivity index (χ0v) is 12.0. The largest absolute Gasteiger partial charge is 0.337 e. The molecule has 0 saturated carbocycles. The summed E-state index contributed by atoms with van der Waals surface area (Å²) in [6.07, 6.45) is 11.2. The minimum absolute atomic E-state index is 0.913. The van der Waals surface area contributed by atoms with Gasteiger partial charge in [-0.2, -0.15) is 0 Å². The van der Waals surface area contributed by atoms with E-state index in [2.05, 4.69) is 30.4 Å². The second-order valence-corrected chi connectivity index (χ2v) is 5.73. The van der Waals surface area contributed by atoms with Crippen molar-refractivity contribution in [3.05, 3.63) is 18.7 Å². The molecule has 0 N–H and O–H groups in total. The summed E-state index contributed by atoms with van der Waals surface area (Å²) >= 11 is 3.55. The van der Waals surface area contributed by atoms with Crippen LogP contribution in [0.5, 0.6) is 0 Å². The Balaban J connectivity index is 1.65. The van der Waals surface area contributed by atoms with Crippen molar-refractivity contribution in [2.75, 3.05) is 25.0 Å². The second-order valence-electron chi connectivity index (χ2n) is 4.94. The summed E-state index contributed by atoms with van der Waals surface area (Å²) in [5.41, 5.74) is 0. The molecule has 17 heavy (non-hydrogen) atoms. The number of alkyl halides is 1. The van der Waals surface area contributed by atoms with Gasteiger partial charge in [-0.05, 0) is 44.7 Å². The molecule has 1 aromatic heterocycles. The Kier molecular flexibility index (Phi) is 5.52. The summed E-state index contributed by atoms with van der Waals surface area (Å²) in [4.78, 5) is 6.70. The summed E-state index contributed by atoms with van der Waals surface area (Å²) in [6.45, 7) is 4.93. The van der Waals surface area contributed by atoms with Crippen LogP contribution >= 0.6 is 15.9 Å². The molecular weight excluding hydrogens is 278 g/mol. The van der Waals surface area contributed by atoms with E-state index in [-0.39, 0.29) is 0 Å². The molecule has 2 heterocycles. The van der Waals surface area contributed by atoms with E-state index in [0.29, 0.717) is 0 Å². The number of imidazole rings is 1. The van der Waals surface area contributed by atoms with E-state index in [9.17, 15) is 0 Å². The molecule has 3 nitrogen and oxygen atoms in total. The van der Waals surface area contributed by atoms with Crippen molar-refractivity contribution in [2.24, 2.45) is 5.92 Å². The monoisotopic (exact) mass is 299 g/mol. The highest BCUT2D eigenvalue weighted by Gasteiger charge is 2.18. The highest BCUT2D eigenvalue weighted by Crippen LogP contribution is 2.20. The lowest BCUT2D eigenvalue weighted by molar-refractivity contribution is 0.169.